The molecule has 1 nitrogen and oxygen atoms in total. The fourth-order valence-corrected chi connectivity index (χ4v) is 3.30. The third kappa shape index (κ3) is 4.48. The number of rotatable bonds is 4. The van der Waals surface area contributed by atoms with Gasteiger partial charge in [0.2, 0.25) is 0 Å². The maximum Gasteiger partial charge on any atom is 0.146 e. The minimum atomic E-state index is 0.214. The van der Waals surface area contributed by atoms with Gasteiger partial charge in [-0.2, -0.15) is 0 Å². The molecule has 0 saturated heterocycles. The van der Waals surface area contributed by atoms with E-state index in [1.807, 2.05) is 0 Å². The molecular formula is C14H26OS. The lowest BCUT2D eigenvalue weighted by molar-refractivity contribution is -0.123. The van der Waals surface area contributed by atoms with Gasteiger partial charge < -0.3 is 0 Å². The molecule has 1 aliphatic rings. The van der Waals surface area contributed by atoms with Crippen LogP contribution in [0.1, 0.15) is 59.8 Å². The lowest BCUT2D eigenvalue weighted by Crippen LogP contribution is -2.29. The van der Waals surface area contributed by atoms with Gasteiger partial charge >= 0.3 is 0 Å². The standard InChI is InChI=1S/C14H26OS/c1-5-11-8-6-7-9-12(11)13(15)10-16-14(2,3)4/h11-12H,5-10H2,1-4H3. The Morgan fingerprint density at radius 3 is 2.44 bits per heavy atom. The van der Waals surface area contributed by atoms with Crippen LogP contribution in [0, 0.1) is 11.8 Å². The molecule has 1 aliphatic carbocycles. The first-order chi connectivity index (χ1) is 7.44. The Morgan fingerprint density at radius 2 is 1.88 bits per heavy atom. The van der Waals surface area contributed by atoms with Gasteiger partial charge in [0.15, 0.2) is 0 Å². The molecule has 1 fully saturated rings. The Bertz CT molecular complexity index is 229. The zero-order chi connectivity index (χ0) is 12.2. The highest BCUT2D eigenvalue weighted by Crippen LogP contribution is 2.34. The summed E-state index contributed by atoms with van der Waals surface area (Å²) in [5.41, 5.74) is 0. The smallest absolute Gasteiger partial charge is 0.146 e. The highest BCUT2D eigenvalue weighted by molar-refractivity contribution is 8.01. The summed E-state index contributed by atoms with van der Waals surface area (Å²) in [6.45, 7) is 8.78. The van der Waals surface area contributed by atoms with Gasteiger partial charge in [0.1, 0.15) is 5.78 Å². The number of thioether (sulfide) groups is 1. The van der Waals surface area contributed by atoms with Crippen LogP contribution in [0.2, 0.25) is 0 Å². The number of hydrogen-bond donors (Lipinski definition) is 0. The van der Waals surface area contributed by atoms with Crippen molar-refractivity contribution < 1.29 is 4.79 Å². The molecule has 1 rings (SSSR count). The first-order valence-electron chi connectivity index (χ1n) is 6.60. The second kappa shape index (κ2) is 6.09. The fourth-order valence-electron chi connectivity index (χ4n) is 2.51. The molecule has 2 atom stereocenters. The molecule has 0 aromatic heterocycles. The monoisotopic (exact) mass is 242 g/mol. The lowest BCUT2D eigenvalue weighted by Gasteiger charge is -2.30. The summed E-state index contributed by atoms with van der Waals surface area (Å²) < 4.78 is 0.214. The molecule has 2 heteroatoms. The zero-order valence-electron chi connectivity index (χ0n) is 11.2. The van der Waals surface area contributed by atoms with Gasteiger partial charge in [0.25, 0.3) is 0 Å². The summed E-state index contributed by atoms with van der Waals surface area (Å²) in [5, 5.41) is 0. The third-order valence-corrected chi connectivity index (χ3v) is 4.79. The van der Waals surface area contributed by atoms with Gasteiger partial charge in [-0.1, -0.05) is 47.0 Å². The van der Waals surface area contributed by atoms with E-state index < -0.39 is 0 Å². The molecule has 16 heavy (non-hydrogen) atoms. The summed E-state index contributed by atoms with van der Waals surface area (Å²) in [6.07, 6.45) is 6.17. The summed E-state index contributed by atoms with van der Waals surface area (Å²) in [4.78, 5) is 12.2. The molecule has 0 bridgehead atoms. The van der Waals surface area contributed by atoms with Gasteiger partial charge in [0.05, 0.1) is 5.75 Å². The number of ketones is 1. The summed E-state index contributed by atoms with van der Waals surface area (Å²) in [5.74, 6) is 2.26. The largest absolute Gasteiger partial charge is 0.298 e. The molecule has 0 aromatic rings. The van der Waals surface area contributed by atoms with Gasteiger partial charge in [-0.25, -0.2) is 0 Å². The Balaban J connectivity index is 2.45. The Kier molecular flexibility index (Phi) is 5.36. The van der Waals surface area contributed by atoms with Crippen molar-refractivity contribution in [3.8, 4) is 0 Å². The van der Waals surface area contributed by atoms with Crippen molar-refractivity contribution in [3.63, 3.8) is 0 Å². The van der Waals surface area contributed by atoms with E-state index >= 15 is 0 Å². The summed E-state index contributed by atoms with van der Waals surface area (Å²) >= 11 is 1.80. The SMILES string of the molecule is CCC1CCCCC1C(=O)CSC(C)(C)C. The number of hydrogen-bond acceptors (Lipinski definition) is 2. The van der Waals surface area contributed by atoms with Crippen LogP contribution in [0.3, 0.4) is 0 Å². The predicted molar refractivity (Wildman–Crippen MR) is 73.0 cm³/mol. The first-order valence-corrected chi connectivity index (χ1v) is 7.59. The van der Waals surface area contributed by atoms with Crippen molar-refractivity contribution in [1.29, 1.82) is 0 Å². The molecule has 0 amide bonds. The molecule has 0 spiro atoms. The van der Waals surface area contributed by atoms with E-state index in [-0.39, 0.29) is 4.75 Å². The van der Waals surface area contributed by atoms with Crippen LogP contribution in [0.5, 0.6) is 0 Å². The van der Waals surface area contributed by atoms with Crippen molar-refractivity contribution in [3.05, 3.63) is 0 Å². The Morgan fingerprint density at radius 1 is 1.25 bits per heavy atom. The normalized spacial score (nSPS) is 26.8. The second-order valence-electron chi connectivity index (χ2n) is 5.93. The summed E-state index contributed by atoms with van der Waals surface area (Å²) in [7, 11) is 0. The van der Waals surface area contributed by atoms with Crippen molar-refractivity contribution in [1.82, 2.24) is 0 Å². The van der Waals surface area contributed by atoms with Gasteiger partial charge in [-0.05, 0) is 18.8 Å². The zero-order valence-corrected chi connectivity index (χ0v) is 12.0. The van der Waals surface area contributed by atoms with Gasteiger partial charge in [0, 0.05) is 10.7 Å². The topological polar surface area (TPSA) is 17.1 Å². The number of carbonyl (C=O) groups excluding carboxylic acids is 1. The summed E-state index contributed by atoms with van der Waals surface area (Å²) in [6, 6.07) is 0. The van der Waals surface area contributed by atoms with Crippen molar-refractivity contribution in [2.75, 3.05) is 5.75 Å². The average Bonchev–Trinajstić information content (AvgIpc) is 2.25. The lowest BCUT2D eigenvalue weighted by atomic mass is 9.76. The average molecular weight is 242 g/mol. The fraction of sp³-hybridized carbons (Fsp3) is 0.929. The highest BCUT2D eigenvalue weighted by Gasteiger charge is 2.29. The van der Waals surface area contributed by atoms with E-state index in [0.717, 1.165) is 6.42 Å². The molecule has 0 radical (unpaired) electrons. The Labute approximate surface area is 105 Å². The molecule has 94 valence electrons. The molecule has 0 aliphatic heterocycles. The van der Waals surface area contributed by atoms with E-state index in [0.29, 0.717) is 23.4 Å². The van der Waals surface area contributed by atoms with E-state index in [1.54, 1.807) is 11.8 Å². The number of Topliss-reactive ketones (excluding diaryl/α,β-unsaturated/α-hetero) is 1. The second-order valence-corrected chi connectivity index (χ2v) is 7.73. The van der Waals surface area contributed by atoms with Crippen LogP contribution in [0.4, 0.5) is 0 Å². The molecule has 0 N–H and O–H groups in total. The minimum Gasteiger partial charge on any atom is -0.298 e. The third-order valence-electron chi connectivity index (χ3n) is 3.49. The van der Waals surface area contributed by atoms with E-state index in [2.05, 4.69) is 27.7 Å². The highest BCUT2D eigenvalue weighted by atomic mass is 32.2. The van der Waals surface area contributed by atoms with E-state index in [9.17, 15) is 4.79 Å². The van der Waals surface area contributed by atoms with Crippen molar-refractivity contribution in [2.24, 2.45) is 11.8 Å². The van der Waals surface area contributed by atoms with Gasteiger partial charge in [-0.15, -0.1) is 11.8 Å². The van der Waals surface area contributed by atoms with E-state index in [1.165, 1.54) is 25.7 Å². The maximum absolute atomic E-state index is 12.2. The number of carbonyl (C=O) groups is 1. The van der Waals surface area contributed by atoms with Crippen LogP contribution in [0.15, 0.2) is 0 Å². The molecule has 0 heterocycles. The van der Waals surface area contributed by atoms with Crippen LogP contribution < -0.4 is 0 Å². The van der Waals surface area contributed by atoms with Crippen LogP contribution >= 0.6 is 11.8 Å². The molecular weight excluding hydrogens is 216 g/mol. The molecule has 0 aromatic carbocycles. The minimum absolute atomic E-state index is 0.214. The molecule has 1 saturated carbocycles. The first kappa shape index (κ1) is 14.1. The van der Waals surface area contributed by atoms with Crippen molar-refractivity contribution in [2.45, 2.75) is 64.5 Å². The van der Waals surface area contributed by atoms with E-state index in [4.69, 9.17) is 0 Å². The van der Waals surface area contributed by atoms with Gasteiger partial charge in [-0.3, -0.25) is 4.79 Å². The van der Waals surface area contributed by atoms with Crippen LogP contribution in [-0.4, -0.2) is 16.3 Å². The predicted octanol–water partition coefficient (Wildman–Crippen LogP) is 4.30. The van der Waals surface area contributed by atoms with Crippen LogP contribution in [-0.2, 0) is 4.79 Å². The van der Waals surface area contributed by atoms with Crippen molar-refractivity contribution >= 4 is 17.5 Å². The Hall–Kier alpha value is 0.0200. The molecule has 2 unspecified atom stereocenters. The maximum atomic E-state index is 12.2. The quantitative estimate of drug-likeness (QED) is 0.731. The van der Waals surface area contributed by atoms with Crippen LogP contribution in [0.25, 0.3) is 0 Å².